The van der Waals surface area contributed by atoms with E-state index in [1.807, 2.05) is 26.0 Å². The molecule has 0 aliphatic carbocycles. The maximum absolute atomic E-state index is 12.5. The second kappa shape index (κ2) is 7.21. The Bertz CT molecular complexity index is 1040. The Kier molecular flexibility index (Phi) is 4.81. The van der Waals surface area contributed by atoms with E-state index in [0.29, 0.717) is 0 Å². The molecule has 2 amide bonds. The number of hydrogen-bond acceptors (Lipinski definition) is 5. The summed E-state index contributed by atoms with van der Waals surface area (Å²) < 4.78 is 8.71. The molecule has 0 unspecified atom stereocenters. The maximum Gasteiger partial charge on any atom is 0.274 e. The van der Waals surface area contributed by atoms with Crippen molar-refractivity contribution < 1.29 is 14.0 Å². The molecule has 0 atom stereocenters. The Hall–Kier alpha value is -3.80. The summed E-state index contributed by atoms with van der Waals surface area (Å²) in [5, 5.41) is 13.7. The minimum absolute atomic E-state index is 0.0377. The van der Waals surface area contributed by atoms with Gasteiger partial charge in [0.1, 0.15) is 29.5 Å². The highest BCUT2D eigenvalue weighted by atomic mass is 16.4. The molecular formula is C18H18N6O3. The molecule has 3 aromatic rings. The lowest BCUT2D eigenvalue weighted by atomic mass is 10.1. The van der Waals surface area contributed by atoms with Crippen LogP contribution in [-0.2, 0) is 11.3 Å². The third kappa shape index (κ3) is 3.59. The average Bonchev–Trinajstić information content (AvgIpc) is 3.32. The van der Waals surface area contributed by atoms with E-state index >= 15 is 0 Å². The third-order valence-electron chi connectivity index (χ3n) is 3.96. The first kappa shape index (κ1) is 18.0. The predicted molar refractivity (Wildman–Crippen MR) is 94.8 cm³/mol. The van der Waals surface area contributed by atoms with Gasteiger partial charge in [0, 0.05) is 18.1 Å². The molecule has 0 saturated heterocycles. The van der Waals surface area contributed by atoms with Crippen LogP contribution < -0.4 is 10.9 Å². The summed E-state index contributed by atoms with van der Waals surface area (Å²) in [4.78, 5) is 24.5. The second-order valence-electron chi connectivity index (χ2n) is 6.00. The summed E-state index contributed by atoms with van der Waals surface area (Å²) in [7, 11) is 0. The molecule has 0 aromatic carbocycles. The fourth-order valence-corrected chi connectivity index (χ4v) is 2.76. The van der Waals surface area contributed by atoms with Crippen LogP contribution in [0.25, 0.3) is 5.88 Å². The Morgan fingerprint density at radius 2 is 1.93 bits per heavy atom. The zero-order valence-electron chi connectivity index (χ0n) is 15.1. The molecule has 2 N–H and O–H groups in total. The van der Waals surface area contributed by atoms with Crippen molar-refractivity contribution in [3.63, 3.8) is 0 Å². The molecule has 0 aliphatic rings. The SMILES string of the molecule is Cc1cc(C)n(CC(=O)NNC(=O)c2c(C)oc(-n3cccc3)c2C#N)n1. The van der Waals surface area contributed by atoms with E-state index in [-0.39, 0.29) is 29.3 Å². The normalized spacial score (nSPS) is 10.4. The summed E-state index contributed by atoms with van der Waals surface area (Å²) in [6.07, 6.45) is 3.41. The van der Waals surface area contributed by atoms with Gasteiger partial charge in [0.15, 0.2) is 0 Å². The van der Waals surface area contributed by atoms with Crippen LogP contribution in [0.5, 0.6) is 0 Å². The molecule has 138 valence electrons. The lowest BCUT2D eigenvalue weighted by molar-refractivity contribution is -0.122. The van der Waals surface area contributed by atoms with Crippen LogP contribution in [0.4, 0.5) is 0 Å². The number of aromatic nitrogens is 3. The van der Waals surface area contributed by atoms with Gasteiger partial charge in [0.05, 0.1) is 5.69 Å². The maximum atomic E-state index is 12.5. The summed E-state index contributed by atoms with van der Waals surface area (Å²) in [5.74, 6) is -0.549. The standard InChI is InChI=1S/C18H18N6O3/c1-11-8-12(2)24(22-11)10-15(25)20-21-17(26)16-13(3)27-18(14(16)9-19)23-6-4-5-7-23/h4-8H,10H2,1-3H3,(H,20,25)(H,21,26). The van der Waals surface area contributed by atoms with Crippen LogP contribution in [0.1, 0.15) is 33.1 Å². The number of carbonyl (C=O) groups is 2. The van der Waals surface area contributed by atoms with Crippen LogP contribution in [0.2, 0.25) is 0 Å². The van der Waals surface area contributed by atoms with E-state index in [1.165, 1.54) is 4.68 Å². The molecule has 0 spiro atoms. The molecule has 3 aromatic heterocycles. The van der Waals surface area contributed by atoms with Crippen LogP contribution in [-0.4, -0.2) is 26.2 Å². The van der Waals surface area contributed by atoms with E-state index in [1.54, 1.807) is 36.0 Å². The summed E-state index contributed by atoms with van der Waals surface area (Å²) >= 11 is 0. The van der Waals surface area contributed by atoms with Crippen LogP contribution in [0.3, 0.4) is 0 Å². The monoisotopic (exact) mass is 366 g/mol. The highest BCUT2D eigenvalue weighted by Crippen LogP contribution is 2.25. The van der Waals surface area contributed by atoms with Crippen molar-refractivity contribution in [1.82, 2.24) is 25.2 Å². The number of rotatable bonds is 4. The van der Waals surface area contributed by atoms with Gasteiger partial charge >= 0.3 is 0 Å². The van der Waals surface area contributed by atoms with Crippen molar-refractivity contribution in [2.45, 2.75) is 27.3 Å². The van der Waals surface area contributed by atoms with Crippen molar-refractivity contribution >= 4 is 11.8 Å². The van der Waals surface area contributed by atoms with Crippen LogP contribution in [0, 0.1) is 32.1 Å². The number of nitrogens with one attached hydrogen (secondary N) is 2. The Balaban J connectivity index is 1.72. The first-order valence-corrected chi connectivity index (χ1v) is 8.17. The van der Waals surface area contributed by atoms with Crippen molar-refractivity contribution in [3.8, 4) is 12.0 Å². The van der Waals surface area contributed by atoms with Crippen molar-refractivity contribution in [1.29, 1.82) is 5.26 Å². The van der Waals surface area contributed by atoms with Crippen molar-refractivity contribution in [3.05, 3.63) is 58.9 Å². The smallest absolute Gasteiger partial charge is 0.274 e. The number of furan rings is 1. The number of hydrogen-bond donors (Lipinski definition) is 2. The molecule has 0 radical (unpaired) electrons. The average molecular weight is 366 g/mol. The Morgan fingerprint density at radius 1 is 1.22 bits per heavy atom. The zero-order chi connectivity index (χ0) is 19.6. The minimum atomic E-state index is -0.632. The van der Waals surface area contributed by atoms with Gasteiger partial charge in [-0.2, -0.15) is 10.4 Å². The molecule has 3 rings (SSSR count). The first-order chi connectivity index (χ1) is 12.9. The van der Waals surface area contributed by atoms with Crippen molar-refractivity contribution in [2.75, 3.05) is 0 Å². The van der Waals surface area contributed by atoms with E-state index in [4.69, 9.17) is 4.42 Å². The van der Waals surface area contributed by atoms with E-state index < -0.39 is 11.8 Å². The predicted octanol–water partition coefficient (Wildman–Crippen LogP) is 1.52. The highest BCUT2D eigenvalue weighted by molar-refractivity contribution is 5.99. The number of nitrogens with zero attached hydrogens (tertiary/aromatic N) is 4. The summed E-state index contributed by atoms with van der Waals surface area (Å²) in [5.41, 5.74) is 6.46. The van der Waals surface area contributed by atoms with Gasteiger partial charge in [-0.1, -0.05) is 0 Å². The molecule has 9 nitrogen and oxygen atoms in total. The van der Waals surface area contributed by atoms with Gasteiger partial charge < -0.3 is 4.42 Å². The number of carbonyl (C=O) groups excluding carboxylic acids is 2. The lowest BCUT2D eigenvalue weighted by Crippen LogP contribution is -2.43. The third-order valence-corrected chi connectivity index (χ3v) is 3.96. The van der Waals surface area contributed by atoms with Crippen LogP contribution >= 0.6 is 0 Å². The molecule has 3 heterocycles. The van der Waals surface area contributed by atoms with E-state index in [0.717, 1.165) is 11.4 Å². The molecule has 9 heteroatoms. The Labute approximate surface area is 155 Å². The lowest BCUT2D eigenvalue weighted by Gasteiger charge is -2.08. The number of aryl methyl sites for hydroxylation is 3. The Morgan fingerprint density at radius 3 is 2.52 bits per heavy atom. The molecule has 0 aliphatic heterocycles. The fourth-order valence-electron chi connectivity index (χ4n) is 2.76. The molecule has 0 saturated carbocycles. The van der Waals surface area contributed by atoms with Crippen molar-refractivity contribution in [2.24, 2.45) is 0 Å². The molecule has 27 heavy (non-hydrogen) atoms. The fraction of sp³-hybridized carbons (Fsp3) is 0.222. The summed E-state index contributed by atoms with van der Waals surface area (Å²) in [6.45, 7) is 5.21. The zero-order valence-corrected chi connectivity index (χ0v) is 15.1. The van der Waals surface area contributed by atoms with Gasteiger partial charge in [0.2, 0.25) is 5.88 Å². The van der Waals surface area contributed by atoms with E-state index in [9.17, 15) is 14.9 Å². The second-order valence-corrected chi connectivity index (χ2v) is 6.00. The van der Waals surface area contributed by atoms with E-state index in [2.05, 4.69) is 16.0 Å². The van der Waals surface area contributed by atoms with Gasteiger partial charge in [-0.3, -0.25) is 29.7 Å². The molecule has 0 bridgehead atoms. The van der Waals surface area contributed by atoms with Crippen LogP contribution in [0.15, 0.2) is 35.0 Å². The summed E-state index contributed by atoms with van der Waals surface area (Å²) in [6, 6.07) is 7.39. The largest absolute Gasteiger partial charge is 0.443 e. The van der Waals surface area contributed by atoms with Gasteiger partial charge in [-0.25, -0.2) is 0 Å². The quantitative estimate of drug-likeness (QED) is 0.679. The first-order valence-electron chi connectivity index (χ1n) is 8.17. The number of amides is 2. The van der Waals surface area contributed by atoms with Gasteiger partial charge in [0.25, 0.3) is 11.8 Å². The van der Waals surface area contributed by atoms with Gasteiger partial charge in [-0.15, -0.1) is 0 Å². The van der Waals surface area contributed by atoms with Gasteiger partial charge in [-0.05, 0) is 39.0 Å². The topological polar surface area (TPSA) is 118 Å². The highest BCUT2D eigenvalue weighted by Gasteiger charge is 2.24. The molecular weight excluding hydrogens is 348 g/mol. The molecule has 0 fully saturated rings. The number of nitriles is 1. The minimum Gasteiger partial charge on any atom is -0.443 e. The number of hydrazine groups is 1.